The van der Waals surface area contributed by atoms with Crippen LogP contribution in [0.2, 0.25) is 0 Å². The van der Waals surface area contributed by atoms with Gasteiger partial charge in [0.15, 0.2) is 0 Å². The number of hydrogen-bond donors (Lipinski definition) is 2. The largest absolute Gasteiger partial charge is 0.481 e. The quantitative estimate of drug-likeness (QED) is 0.617. The van der Waals surface area contributed by atoms with Crippen LogP contribution in [0.25, 0.3) is 0 Å². The van der Waals surface area contributed by atoms with E-state index in [1.165, 1.54) is 4.90 Å². The first-order valence-electron chi connectivity index (χ1n) is 6.86. The molecular weight excluding hydrogens is 246 g/mol. The Morgan fingerprint density at radius 3 is 2.32 bits per heavy atom. The molecule has 0 saturated carbocycles. The average molecular weight is 273 g/mol. The van der Waals surface area contributed by atoms with Gasteiger partial charge in [-0.15, -0.1) is 0 Å². The van der Waals surface area contributed by atoms with Crippen molar-refractivity contribution in [2.75, 3.05) is 39.8 Å². The van der Waals surface area contributed by atoms with Crippen molar-refractivity contribution in [1.82, 2.24) is 15.1 Å². The number of carboxylic acid groups (broad SMARTS) is 1. The lowest BCUT2D eigenvalue weighted by Gasteiger charge is -2.21. The average Bonchev–Trinajstić information content (AvgIpc) is 2.38. The molecule has 112 valence electrons. The summed E-state index contributed by atoms with van der Waals surface area (Å²) in [6, 6.07) is -0.215. The van der Waals surface area contributed by atoms with Crippen LogP contribution in [0.3, 0.4) is 0 Å². The van der Waals surface area contributed by atoms with Gasteiger partial charge in [-0.25, -0.2) is 4.79 Å². The van der Waals surface area contributed by atoms with Gasteiger partial charge in [-0.05, 0) is 26.1 Å². The van der Waals surface area contributed by atoms with E-state index in [4.69, 9.17) is 5.11 Å². The number of carbonyl (C=O) groups excluding carboxylic acids is 1. The number of carboxylic acids is 1. The molecule has 2 N–H and O–H groups in total. The van der Waals surface area contributed by atoms with Crippen molar-refractivity contribution in [2.45, 2.75) is 27.2 Å². The highest BCUT2D eigenvalue weighted by Gasteiger charge is 2.16. The molecule has 0 fully saturated rings. The van der Waals surface area contributed by atoms with Gasteiger partial charge in [-0.2, -0.15) is 0 Å². The monoisotopic (exact) mass is 273 g/mol. The zero-order valence-corrected chi connectivity index (χ0v) is 12.5. The standard InChI is InChI=1S/C13H27N3O3/c1-5-16(6-2)9-7-8-14-13(19)15(4)10-11(3)12(17)18/h11H,5-10H2,1-4H3,(H,14,19)(H,17,18). The summed E-state index contributed by atoms with van der Waals surface area (Å²) >= 11 is 0. The molecule has 0 spiro atoms. The fraction of sp³-hybridized carbons (Fsp3) is 0.846. The highest BCUT2D eigenvalue weighted by atomic mass is 16.4. The molecule has 0 saturated heterocycles. The Morgan fingerprint density at radius 2 is 1.84 bits per heavy atom. The lowest BCUT2D eigenvalue weighted by Crippen LogP contribution is -2.41. The predicted octanol–water partition coefficient (Wildman–Crippen LogP) is 1.08. The maximum atomic E-state index is 11.7. The van der Waals surface area contributed by atoms with Crippen molar-refractivity contribution in [1.29, 1.82) is 0 Å². The van der Waals surface area contributed by atoms with Crippen molar-refractivity contribution < 1.29 is 14.7 Å². The third kappa shape index (κ3) is 7.66. The number of rotatable bonds is 9. The van der Waals surface area contributed by atoms with Crippen LogP contribution in [-0.2, 0) is 4.79 Å². The van der Waals surface area contributed by atoms with Crippen LogP contribution in [0.15, 0.2) is 0 Å². The van der Waals surface area contributed by atoms with Crippen molar-refractivity contribution in [2.24, 2.45) is 5.92 Å². The van der Waals surface area contributed by atoms with E-state index < -0.39 is 11.9 Å². The van der Waals surface area contributed by atoms with Gasteiger partial charge in [0.2, 0.25) is 0 Å². The SMILES string of the molecule is CCN(CC)CCCNC(=O)N(C)CC(C)C(=O)O. The summed E-state index contributed by atoms with van der Waals surface area (Å²) in [4.78, 5) is 26.1. The number of aliphatic carboxylic acids is 1. The number of amides is 2. The van der Waals surface area contributed by atoms with E-state index in [2.05, 4.69) is 24.1 Å². The lowest BCUT2D eigenvalue weighted by molar-refractivity contribution is -0.141. The zero-order chi connectivity index (χ0) is 14.8. The normalized spacial score (nSPS) is 12.3. The minimum atomic E-state index is -0.888. The maximum Gasteiger partial charge on any atom is 0.317 e. The fourth-order valence-corrected chi connectivity index (χ4v) is 1.74. The van der Waals surface area contributed by atoms with Crippen LogP contribution in [0.5, 0.6) is 0 Å². The van der Waals surface area contributed by atoms with Crippen LogP contribution >= 0.6 is 0 Å². The molecule has 6 nitrogen and oxygen atoms in total. The molecule has 0 aromatic carbocycles. The Morgan fingerprint density at radius 1 is 1.26 bits per heavy atom. The third-order valence-electron chi connectivity index (χ3n) is 3.14. The molecule has 6 heteroatoms. The Kier molecular flexibility index (Phi) is 8.95. The van der Waals surface area contributed by atoms with Crippen molar-refractivity contribution in [3.63, 3.8) is 0 Å². The molecule has 19 heavy (non-hydrogen) atoms. The summed E-state index contributed by atoms with van der Waals surface area (Å²) in [5, 5.41) is 11.6. The lowest BCUT2D eigenvalue weighted by atomic mass is 10.2. The van der Waals surface area contributed by atoms with E-state index in [1.54, 1.807) is 14.0 Å². The van der Waals surface area contributed by atoms with Gasteiger partial charge in [0.25, 0.3) is 0 Å². The molecule has 0 bridgehead atoms. The van der Waals surface area contributed by atoms with E-state index in [-0.39, 0.29) is 12.6 Å². The van der Waals surface area contributed by atoms with Gasteiger partial charge in [-0.1, -0.05) is 20.8 Å². The Labute approximate surface area is 115 Å². The van der Waals surface area contributed by atoms with Gasteiger partial charge < -0.3 is 20.2 Å². The minimum absolute atomic E-state index is 0.215. The Hall–Kier alpha value is -1.30. The van der Waals surface area contributed by atoms with Gasteiger partial charge in [0, 0.05) is 20.1 Å². The first-order chi connectivity index (χ1) is 8.92. The molecule has 0 aromatic rings. The van der Waals surface area contributed by atoms with Gasteiger partial charge in [-0.3, -0.25) is 4.79 Å². The second-order valence-electron chi connectivity index (χ2n) is 4.73. The van der Waals surface area contributed by atoms with Crippen LogP contribution in [0, 0.1) is 5.92 Å². The van der Waals surface area contributed by atoms with Gasteiger partial charge >= 0.3 is 12.0 Å². The highest BCUT2D eigenvalue weighted by molar-refractivity contribution is 5.75. The molecule has 1 unspecified atom stereocenters. The first kappa shape index (κ1) is 17.7. The second-order valence-corrected chi connectivity index (χ2v) is 4.73. The summed E-state index contributed by atoms with van der Waals surface area (Å²) in [6.45, 7) is 9.64. The number of nitrogens with zero attached hydrogens (tertiary/aromatic N) is 2. The van der Waals surface area contributed by atoms with Crippen LogP contribution in [-0.4, -0.2) is 66.7 Å². The van der Waals surface area contributed by atoms with Gasteiger partial charge in [0.1, 0.15) is 0 Å². The molecule has 0 radical (unpaired) electrons. The molecule has 1 atom stereocenters. The predicted molar refractivity (Wildman–Crippen MR) is 75.2 cm³/mol. The summed E-state index contributed by atoms with van der Waals surface area (Å²) < 4.78 is 0. The summed E-state index contributed by atoms with van der Waals surface area (Å²) in [7, 11) is 1.61. The molecule has 0 aliphatic heterocycles. The zero-order valence-electron chi connectivity index (χ0n) is 12.5. The summed E-state index contributed by atoms with van der Waals surface area (Å²) in [5.74, 6) is -1.44. The van der Waals surface area contributed by atoms with Gasteiger partial charge in [0.05, 0.1) is 5.92 Å². The van der Waals surface area contributed by atoms with Crippen LogP contribution < -0.4 is 5.32 Å². The van der Waals surface area contributed by atoms with E-state index in [1.807, 2.05) is 0 Å². The van der Waals surface area contributed by atoms with Crippen LogP contribution in [0.4, 0.5) is 4.79 Å². The van der Waals surface area contributed by atoms with Crippen molar-refractivity contribution in [3.05, 3.63) is 0 Å². The van der Waals surface area contributed by atoms with E-state index in [0.29, 0.717) is 6.54 Å². The Bertz CT molecular complexity index is 280. The first-order valence-corrected chi connectivity index (χ1v) is 6.86. The summed E-state index contributed by atoms with van der Waals surface area (Å²) in [5.41, 5.74) is 0. The number of carbonyl (C=O) groups is 2. The van der Waals surface area contributed by atoms with E-state index >= 15 is 0 Å². The molecule has 0 aromatic heterocycles. The third-order valence-corrected chi connectivity index (χ3v) is 3.14. The molecule has 0 heterocycles. The highest BCUT2D eigenvalue weighted by Crippen LogP contribution is 1.98. The molecule has 0 rings (SSSR count). The smallest absolute Gasteiger partial charge is 0.317 e. The van der Waals surface area contributed by atoms with Crippen molar-refractivity contribution >= 4 is 12.0 Å². The molecule has 0 aliphatic carbocycles. The molecule has 0 aliphatic rings. The van der Waals surface area contributed by atoms with E-state index in [0.717, 1.165) is 26.1 Å². The number of urea groups is 1. The Balaban J connectivity index is 3.82. The minimum Gasteiger partial charge on any atom is -0.481 e. The van der Waals surface area contributed by atoms with Crippen LogP contribution in [0.1, 0.15) is 27.2 Å². The van der Waals surface area contributed by atoms with E-state index in [9.17, 15) is 9.59 Å². The number of nitrogens with one attached hydrogen (secondary N) is 1. The molecular formula is C13H27N3O3. The number of hydrogen-bond acceptors (Lipinski definition) is 3. The second kappa shape index (κ2) is 9.61. The summed E-state index contributed by atoms with van der Waals surface area (Å²) in [6.07, 6.45) is 0.899. The maximum absolute atomic E-state index is 11.7. The van der Waals surface area contributed by atoms with Crippen molar-refractivity contribution in [3.8, 4) is 0 Å². The molecule has 2 amide bonds. The fourth-order valence-electron chi connectivity index (χ4n) is 1.74. The topological polar surface area (TPSA) is 72.9 Å².